The van der Waals surface area contributed by atoms with Gasteiger partial charge in [0, 0.05) is 31.4 Å². The highest BCUT2D eigenvalue weighted by Crippen LogP contribution is 2.32. The Morgan fingerprint density at radius 2 is 1.88 bits per heavy atom. The summed E-state index contributed by atoms with van der Waals surface area (Å²) in [6.07, 6.45) is 0.845. The molecule has 1 saturated heterocycles. The van der Waals surface area contributed by atoms with Gasteiger partial charge in [0.25, 0.3) is 11.8 Å². The number of nitrogens with zero attached hydrogens (tertiary/aromatic N) is 2. The number of pyridine rings is 1. The second-order valence-electron chi connectivity index (χ2n) is 8.23. The molecule has 1 aromatic heterocycles. The van der Waals surface area contributed by atoms with Gasteiger partial charge in [-0.1, -0.05) is 0 Å². The first kappa shape index (κ1) is 21.9. The van der Waals surface area contributed by atoms with Crippen LogP contribution in [0.3, 0.4) is 0 Å². The van der Waals surface area contributed by atoms with Crippen LogP contribution in [-0.2, 0) is 6.54 Å². The number of benzene rings is 1. The molecule has 0 saturated carbocycles. The summed E-state index contributed by atoms with van der Waals surface area (Å²) < 4.78 is 43.4. The largest absolute Gasteiger partial charge is 0.503 e. The van der Waals surface area contributed by atoms with Gasteiger partial charge in [-0.05, 0) is 43.9 Å². The molecule has 2 aliphatic heterocycles. The first-order chi connectivity index (χ1) is 15.2. The molecule has 0 radical (unpaired) electrons. The molecule has 2 N–H and O–H groups in total. The number of aryl methyl sites for hydroxylation is 1. The first-order valence-electron chi connectivity index (χ1n) is 10.3. The molecule has 2 unspecified atom stereocenters. The Morgan fingerprint density at radius 1 is 1.19 bits per heavy atom. The minimum Gasteiger partial charge on any atom is -0.503 e. The van der Waals surface area contributed by atoms with Crippen LogP contribution in [-0.4, -0.2) is 45.6 Å². The van der Waals surface area contributed by atoms with Gasteiger partial charge in [0.05, 0.1) is 6.04 Å². The lowest BCUT2D eigenvalue weighted by Crippen LogP contribution is -2.47. The summed E-state index contributed by atoms with van der Waals surface area (Å²) in [6.45, 7) is 1.44. The maximum atomic E-state index is 14.0. The zero-order valence-corrected chi connectivity index (χ0v) is 17.3. The van der Waals surface area contributed by atoms with Gasteiger partial charge in [-0.25, -0.2) is 13.2 Å². The van der Waals surface area contributed by atoms with E-state index in [-0.39, 0.29) is 37.2 Å². The highest BCUT2D eigenvalue weighted by Gasteiger charge is 2.37. The maximum Gasteiger partial charge on any atom is 0.274 e. The van der Waals surface area contributed by atoms with E-state index >= 15 is 0 Å². The van der Waals surface area contributed by atoms with Gasteiger partial charge in [0.2, 0.25) is 5.43 Å². The fourth-order valence-electron chi connectivity index (χ4n) is 4.26. The highest BCUT2D eigenvalue weighted by molar-refractivity contribution is 5.99. The molecule has 170 valence electrons. The Balaban J connectivity index is 1.66. The van der Waals surface area contributed by atoms with Crippen LogP contribution < -0.4 is 10.7 Å². The molecule has 2 amide bonds. The van der Waals surface area contributed by atoms with Crippen molar-refractivity contribution < 1.29 is 27.9 Å². The number of hydrogen-bond acceptors (Lipinski definition) is 4. The van der Waals surface area contributed by atoms with Crippen LogP contribution in [0.25, 0.3) is 0 Å². The average molecular weight is 449 g/mol. The number of alkyl halides is 1. The van der Waals surface area contributed by atoms with Gasteiger partial charge in [-0.3, -0.25) is 14.4 Å². The van der Waals surface area contributed by atoms with Crippen molar-refractivity contribution in [2.75, 3.05) is 13.1 Å². The molecule has 7 nitrogen and oxygen atoms in total. The van der Waals surface area contributed by atoms with Crippen molar-refractivity contribution in [1.29, 1.82) is 0 Å². The number of carbonyl (C=O) groups is 2. The van der Waals surface area contributed by atoms with Crippen molar-refractivity contribution in [2.45, 2.75) is 44.9 Å². The zero-order chi connectivity index (χ0) is 23.2. The van der Waals surface area contributed by atoms with Crippen LogP contribution in [0, 0.1) is 18.6 Å². The standard InChI is InChI=1S/C22H22F3N3O4/c1-11-6-16(24)14(17(25)7-11)8-26-21(31)15-10-28-13-3-2-12(23)4-5-27(9-13)22(32)18(28)20(30)19(15)29/h6-7,10,12-13,30H,2-5,8-9H2,1H3,(H,26,31). The Hall–Kier alpha value is -3.30. The Kier molecular flexibility index (Phi) is 5.70. The van der Waals surface area contributed by atoms with Gasteiger partial charge in [0.15, 0.2) is 11.4 Å². The number of carbonyl (C=O) groups excluding carboxylic acids is 2. The van der Waals surface area contributed by atoms with Crippen molar-refractivity contribution >= 4 is 11.8 Å². The summed E-state index contributed by atoms with van der Waals surface area (Å²) in [5, 5.41) is 12.8. The molecule has 2 atom stereocenters. The molecule has 2 aromatic rings. The molecule has 3 heterocycles. The maximum absolute atomic E-state index is 14.0. The van der Waals surface area contributed by atoms with Crippen molar-refractivity contribution in [1.82, 2.24) is 14.8 Å². The van der Waals surface area contributed by atoms with Crippen LogP contribution in [0.15, 0.2) is 23.1 Å². The number of nitrogens with one attached hydrogen (secondary N) is 1. The summed E-state index contributed by atoms with van der Waals surface area (Å²) in [4.78, 5) is 39.5. The summed E-state index contributed by atoms with van der Waals surface area (Å²) in [6, 6.07) is 1.81. The lowest BCUT2D eigenvalue weighted by molar-refractivity contribution is 0.0594. The summed E-state index contributed by atoms with van der Waals surface area (Å²) >= 11 is 0. The molecule has 1 fully saturated rings. The fraction of sp³-hybridized carbons (Fsp3) is 0.409. The van der Waals surface area contributed by atoms with E-state index in [4.69, 9.17) is 0 Å². The van der Waals surface area contributed by atoms with Crippen molar-refractivity contribution in [3.05, 3.63) is 62.6 Å². The summed E-state index contributed by atoms with van der Waals surface area (Å²) in [5.41, 5.74) is -1.77. The zero-order valence-electron chi connectivity index (χ0n) is 17.3. The third-order valence-corrected chi connectivity index (χ3v) is 6.01. The third kappa shape index (κ3) is 3.85. The SMILES string of the molecule is Cc1cc(F)c(CNC(=O)c2cn3c(c(O)c2=O)C(=O)N2CCC(F)CCC3C2)c(F)c1. The van der Waals surface area contributed by atoms with Crippen LogP contribution in [0.2, 0.25) is 0 Å². The first-order valence-corrected chi connectivity index (χ1v) is 10.3. The Morgan fingerprint density at radius 3 is 2.56 bits per heavy atom. The van der Waals surface area contributed by atoms with E-state index in [0.717, 1.165) is 18.3 Å². The summed E-state index contributed by atoms with van der Waals surface area (Å²) in [7, 11) is 0. The van der Waals surface area contributed by atoms with Gasteiger partial charge in [0.1, 0.15) is 23.4 Å². The van der Waals surface area contributed by atoms with E-state index in [0.29, 0.717) is 12.0 Å². The highest BCUT2D eigenvalue weighted by atomic mass is 19.1. The molecule has 2 aliphatic rings. The molecule has 2 bridgehead atoms. The number of aromatic hydroxyl groups is 1. The predicted molar refractivity (Wildman–Crippen MR) is 108 cm³/mol. The molecule has 1 aromatic carbocycles. The van der Waals surface area contributed by atoms with E-state index < -0.39 is 58.9 Å². The summed E-state index contributed by atoms with van der Waals surface area (Å²) in [5.74, 6) is -4.12. The van der Waals surface area contributed by atoms with E-state index in [1.807, 2.05) is 0 Å². The molecule has 0 spiro atoms. The molecule has 10 heteroatoms. The molecular weight excluding hydrogens is 427 g/mol. The lowest BCUT2D eigenvalue weighted by Gasteiger charge is -2.38. The minimum atomic E-state index is -1.08. The van der Waals surface area contributed by atoms with Gasteiger partial charge in [-0.2, -0.15) is 0 Å². The van der Waals surface area contributed by atoms with E-state index in [2.05, 4.69) is 5.32 Å². The Labute approximate surface area is 181 Å². The van der Waals surface area contributed by atoms with Gasteiger partial charge in [-0.15, -0.1) is 0 Å². The number of fused-ring (bicyclic) bond motifs is 4. The van der Waals surface area contributed by atoms with Crippen molar-refractivity contribution in [2.24, 2.45) is 0 Å². The normalized spacial score (nSPS) is 20.4. The number of amides is 2. The second kappa shape index (κ2) is 8.33. The van der Waals surface area contributed by atoms with Crippen LogP contribution >= 0.6 is 0 Å². The molecule has 0 aliphatic carbocycles. The van der Waals surface area contributed by atoms with Gasteiger partial charge >= 0.3 is 0 Å². The molecule has 32 heavy (non-hydrogen) atoms. The smallest absolute Gasteiger partial charge is 0.274 e. The Bertz CT molecular complexity index is 1140. The van der Waals surface area contributed by atoms with E-state index in [1.165, 1.54) is 16.4 Å². The average Bonchev–Trinajstić information content (AvgIpc) is 2.72. The lowest BCUT2D eigenvalue weighted by atomic mass is 9.98. The number of hydrogen-bond donors (Lipinski definition) is 2. The van der Waals surface area contributed by atoms with Gasteiger partial charge < -0.3 is 19.9 Å². The van der Waals surface area contributed by atoms with E-state index in [1.54, 1.807) is 0 Å². The monoisotopic (exact) mass is 449 g/mol. The second-order valence-corrected chi connectivity index (χ2v) is 8.23. The van der Waals surface area contributed by atoms with Crippen molar-refractivity contribution in [3.63, 3.8) is 0 Å². The fourth-order valence-corrected chi connectivity index (χ4v) is 4.26. The number of rotatable bonds is 3. The molecular formula is C22H22F3N3O4. The van der Waals surface area contributed by atoms with Crippen molar-refractivity contribution in [3.8, 4) is 5.75 Å². The number of halogens is 3. The quantitative estimate of drug-likeness (QED) is 0.754. The molecule has 4 rings (SSSR count). The predicted octanol–water partition coefficient (Wildman–Crippen LogP) is 2.59. The minimum absolute atomic E-state index is 0.167. The van der Waals surface area contributed by atoms with Crippen LogP contribution in [0.4, 0.5) is 13.2 Å². The third-order valence-electron chi connectivity index (χ3n) is 6.01. The number of aromatic nitrogens is 1. The van der Waals surface area contributed by atoms with E-state index in [9.17, 15) is 32.7 Å². The van der Waals surface area contributed by atoms with Crippen LogP contribution in [0.5, 0.6) is 5.75 Å². The van der Waals surface area contributed by atoms with Crippen LogP contribution in [0.1, 0.15) is 57.3 Å². The topological polar surface area (TPSA) is 91.6 Å².